The zero-order chi connectivity index (χ0) is 21.6. The largest absolute Gasteiger partial charge is 0.481 e. The fourth-order valence-corrected chi connectivity index (χ4v) is 3.94. The molecule has 0 spiro atoms. The number of aryl methyl sites for hydroxylation is 2. The Morgan fingerprint density at radius 1 is 1.07 bits per heavy atom. The lowest BCUT2D eigenvalue weighted by atomic mass is 10.1. The molecule has 0 aliphatic rings. The highest BCUT2D eigenvalue weighted by molar-refractivity contribution is 7.92. The van der Waals surface area contributed by atoms with Crippen LogP contribution in [0.5, 0.6) is 5.75 Å². The number of nitrogens with one attached hydrogen (secondary N) is 2. The molecule has 2 aromatic rings. The van der Waals surface area contributed by atoms with Gasteiger partial charge in [0, 0.05) is 6.54 Å². The van der Waals surface area contributed by atoms with Crippen molar-refractivity contribution in [1.29, 1.82) is 0 Å². The Bertz CT molecular complexity index is 938. The van der Waals surface area contributed by atoms with Crippen molar-refractivity contribution in [3.63, 3.8) is 0 Å². The van der Waals surface area contributed by atoms with E-state index in [9.17, 15) is 13.2 Å². The van der Waals surface area contributed by atoms with Crippen LogP contribution in [-0.2, 0) is 21.2 Å². The van der Waals surface area contributed by atoms with Crippen LogP contribution in [0, 0.1) is 12.8 Å². The summed E-state index contributed by atoms with van der Waals surface area (Å²) in [5.41, 5.74) is 2.43. The van der Waals surface area contributed by atoms with Gasteiger partial charge in [0.1, 0.15) is 5.75 Å². The number of carbonyl (C=O) groups excluding carboxylic acids is 1. The normalized spacial score (nSPS) is 12.5. The summed E-state index contributed by atoms with van der Waals surface area (Å²) in [5, 5.41) is 2.81. The Kier molecular flexibility index (Phi) is 7.67. The fraction of sp³-hybridized carbons (Fsp3) is 0.409. The number of anilines is 1. The third kappa shape index (κ3) is 6.22. The molecule has 0 saturated carbocycles. The second kappa shape index (κ2) is 9.78. The smallest absolute Gasteiger partial charge is 0.261 e. The minimum atomic E-state index is -3.73. The van der Waals surface area contributed by atoms with E-state index < -0.39 is 16.1 Å². The number of ether oxygens (including phenoxy) is 1. The van der Waals surface area contributed by atoms with E-state index in [1.54, 1.807) is 19.1 Å². The van der Waals surface area contributed by atoms with Gasteiger partial charge in [-0.1, -0.05) is 39.0 Å². The zero-order valence-electron chi connectivity index (χ0n) is 17.7. The number of para-hydroxylation sites is 1. The quantitative estimate of drug-likeness (QED) is 0.647. The lowest BCUT2D eigenvalue weighted by Crippen LogP contribution is -2.38. The number of carbonyl (C=O) groups is 1. The summed E-state index contributed by atoms with van der Waals surface area (Å²) in [7, 11) is -3.73. The fourth-order valence-electron chi connectivity index (χ4n) is 2.77. The van der Waals surface area contributed by atoms with Gasteiger partial charge in [-0.2, -0.15) is 0 Å². The Morgan fingerprint density at radius 3 is 2.31 bits per heavy atom. The van der Waals surface area contributed by atoms with Gasteiger partial charge in [-0.05, 0) is 61.6 Å². The summed E-state index contributed by atoms with van der Waals surface area (Å²) in [6.07, 6.45) is 0.0525. The van der Waals surface area contributed by atoms with E-state index in [2.05, 4.69) is 10.0 Å². The molecule has 7 heteroatoms. The first-order valence-corrected chi connectivity index (χ1v) is 11.3. The lowest BCUT2D eigenvalue weighted by molar-refractivity contribution is -0.127. The maximum Gasteiger partial charge on any atom is 0.261 e. The lowest BCUT2D eigenvalue weighted by Gasteiger charge is -2.17. The van der Waals surface area contributed by atoms with Crippen molar-refractivity contribution in [2.24, 2.45) is 5.92 Å². The summed E-state index contributed by atoms with van der Waals surface area (Å²) >= 11 is 0. The number of hydrogen-bond donors (Lipinski definition) is 2. The molecule has 158 valence electrons. The van der Waals surface area contributed by atoms with Gasteiger partial charge in [0.05, 0.1) is 10.6 Å². The molecule has 1 atom stereocenters. The van der Waals surface area contributed by atoms with Crippen molar-refractivity contribution in [2.45, 2.75) is 52.0 Å². The summed E-state index contributed by atoms with van der Waals surface area (Å²) in [4.78, 5) is 12.2. The standard InChI is InChI=1S/C22H30N2O4S/c1-6-18-9-7-8-16(4)21(18)24-29(26,27)20-12-10-19(11-13-20)28-17(5)22(25)23-14-15(2)3/h7-13,15,17,24H,6,14H2,1-5H3,(H,23,25)/t17-/m0/s1. The average Bonchev–Trinajstić information content (AvgIpc) is 2.67. The molecule has 2 N–H and O–H groups in total. The van der Waals surface area contributed by atoms with Crippen LogP contribution < -0.4 is 14.8 Å². The molecule has 2 rings (SSSR count). The van der Waals surface area contributed by atoms with Crippen LogP contribution in [0.25, 0.3) is 0 Å². The van der Waals surface area contributed by atoms with Crippen LogP contribution in [0.1, 0.15) is 38.8 Å². The first-order chi connectivity index (χ1) is 13.6. The van der Waals surface area contributed by atoms with Gasteiger partial charge in [-0.3, -0.25) is 9.52 Å². The molecular weight excluding hydrogens is 388 g/mol. The van der Waals surface area contributed by atoms with Crippen LogP contribution in [0.4, 0.5) is 5.69 Å². The van der Waals surface area contributed by atoms with Gasteiger partial charge in [-0.15, -0.1) is 0 Å². The highest BCUT2D eigenvalue weighted by Crippen LogP contribution is 2.25. The number of hydrogen-bond acceptors (Lipinski definition) is 4. The third-order valence-electron chi connectivity index (χ3n) is 4.48. The van der Waals surface area contributed by atoms with Crippen LogP contribution in [0.15, 0.2) is 47.4 Å². The second-order valence-electron chi connectivity index (χ2n) is 7.44. The number of amides is 1. The molecule has 6 nitrogen and oxygen atoms in total. The molecule has 0 saturated heterocycles. The number of sulfonamides is 1. The van der Waals surface area contributed by atoms with E-state index in [1.807, 2.05) is 45.9 Å². The van der Waals surface area contributed by atoms with Crippen molar-refractivity contribution in [3.05, 3.63) is 53.6 Å². The molecule has 0 aromatic heterocycles. The molecule has 0 aliphatic heterocycles. The highest BCUT2D eigenvalue weighted by Gasteiger charge is 2.18. The van der Waals surface area contributed by atoms with Crippen molar-refractivity contribution in [3.8, 4) is 5.75 Å². The molecule has 0 heterocycles. The van der Waals surface area contributed by atoms with E-state index in [0.717, 1.165) is 17.5 Å². The molecule has 1 amide bonds. The molecule has 0 aliphatic carbocycles. The molecule has 0 fully saturated rings. The molecule has 0 bridgehead atoms. The van der Waals surface area contributed by atoms with Crippen LogP contribution in [0.2, 0.25) is 0 Å². The summed E-state index contributed by atoms with van der Waals surface area (Å²) in [6, 6.07) is 11.8. The van der Waals surface area contributed by atoms with Crippen molar-refractivity contribution >= 4 is 21.6 Å². The van der Waals surface area contributed by atoms with Gasteiger partial charge in [0.2, 0.25) is 0 Å². The van der Waals surface area contributed by atoms with E-state index in [-0.39, 0.29) is 10.8 Å². The third-order valence-corrected chi connectivity index (χ3v) is 5.84. The van der Waals surface area contributed by atoms with E-state index >= 15 is 0 Å². The highest BCUT2D eigenvalue weighted by atomic mass is 32.2. The Morgan fingerprint density at radius 2 is 1.72 bits per heavy atom. The summed E-state index contributed by atoms with van der Waals surface area (Å²) in [5.74, 6) is 0.578. The molecule has 29 heavy (non-hydrogen) atoms. The summed E-state index contributed by atoms with van der Waals surface area (Å²) < 4.78 is 33.9. The Labute approximate surface area is 173 Å². The van der Waals surface area contributed by atoms with Crippen LogP contribution >= 0.6 is 0 Å². The second-order valence-corrected chi connectivity index (χ2v) is 9.12. The molecule has 0 unspecified atom stereocenters. The van der Waals surface area contributed by atoms with Gasteiger partial charge in [-0.25, -0.2) is 8.42 Å². The number of rotatable bonds is 9. The molecule has 2 aromatic carbocycles. The first-order valence-electron chi connectivity index (χ1n) is 9.79. The number of benzene rings is 2. The maximum atomic E-state index is 12.8. The van der Waals surface area contributed by atoms with Crippen LogP contribution in [0.3, 0.4) is 0 Å². The van der Waals surface area contributed by atoms with Gasteiger partial charge < -0.3 is 10.1 Å². The zero-order valence-corrected chi connectivity index (χ0v) is 18.5. The van der Waals surface area contributed by atoms with Crippen molar-refractivity contribution in [2.75, 3.05) is 11.3 Å². The summed E-state index contributed by atoms with van der Waals surface area (Å²) in [6.45, 7) is 10.1. The Balaban J connectivity index is 2.10. The topological polar surface area (TPSA) is 84.5 Å². The average molecular weight is 419 g/mol. The van der Waals surface area contributed by atoms with E-state index in [4.69, 9.17) is 4.74 Å². The Hall–Kier alpha value is -2.54. The van der Waals surface area contributed by atoms with Crippen molar-refractivity contribution in [1.82, 2.24) is 5.32 Å². The minimum absolute atomic E-state index is 0.132. The van der Waals surface area contributed by atoms with Gasteiger partial charge in [0.15, 0.2) is 6.10 Å². The molecule has 0 radical (unpaired) electrons. The predicted molar refractivity (Wildman–Crippen MR) is 116 cm³/mol. The van der Waals surface area contributed by atoms with Gasteiger partial charge >= 0.3 is 0 Å². The minimum Gasteiger partial charge on any atom is -0.481 e. The van der Waals surface area contributed by atoms with Gasteiger partial charge in [0.25, 0.3) is 15.9 Å². The van der Waals surface area contributed by atoms with Crippen molar-refractivity contribution < 1.29 is 17.9 Å². The first kappa shape index (κ1) is 22.7. The maximum absolute atomic E-state index is 12.8. The SMILES string of the molecule is CCc1cccc(C)c1NS(=O)(=O)c1ccc(O[C@@H](C)C(=O)NCC(C)C)cc1. The van der Waals surface area contributed by atoms with E-state index in [0.29, 0.717) is 23.9 Å². The molecular formula is C22H30N2O4S. The monoisotopic (exact) mass is 418 g/mol. The van der Waals surface area contributed by atoms with Crippen LogP contribution in [-0.4, -0.2) is 27.0 Å². The van der Waals surface area contributed by atoms with E-state index in [1.165, 1.54) is 12.1 Å². The predicted octanol–water partition coefficient (Wildman–Crippen LogP) is 3.90.